The Kier molecular flexibility index (Phi) is 4.88. The van der Waals surface area contributed by atoms with Crippen molar-refractivity contribution in [3.05, 3.63) is 29.0 Å². The second-order valence-electron chi connectivity index (χ2n) is 4.48. The number of hydrogen-bond donors (Lipinski definition) is 1. The molecule has 2 heterocycles. The molecule has 1 aliphatic rings. The van der Waals surface area contributed by atoms with Gasteiger partial charge < -0.3 is 10.0 Å². The highest BCUT2D eigenvalue weighted by Crippen LogP contribution is 2.34. The van der Waals surface area contributed by atoms with Crippen molar-refractivity contribution in [2.45, 2.75) is 31.2 Å². The van der Waals surface area contributed by atoms with Crippen LogP contribution in [0.2, 0.25) is 5.15 Å². The molecular weight excluding hydrogens is 300 g/mol. The van der Waals surface area contributed by atoms with Gasteiger partial charge in [0.05, 0.1) is 10.9 Å². The minimum atomic E-state index is -0.982. The third-order valence-corrected chi connectivity index (χ3v) is 4.79. The van der Waals surface area contributed by atoms with Crippen LogP contribution in [0.5, 0.6) is 0 Å². The third-order valence-electron chi connectivity index (χ3n) is 3.14. The standard InChI is InChI=1S/C13H15ClN2O3S/c1-2-4-10-16(9(7-20-10)13(18)19)12(17)8-5-3-6-15-11(8)14/h3,5-6,9-10H,2,4,7H2,1H3,(H,18,19). The lowest BCUT2D eigenvalue weighted by atomic mass is 10.2. The number of thioether (sulfide) groups is 1. The van der Waals surface area contributed by atoms with Crippen molar-refractivity contribution in [3.63, 3.8) is 0 Å². The number of carbonyl (C=O) groups is 2. The van der Waals surface area contributed by atoms with Crippen LogP contribution < -0.4 is 0 Å². The SMILES string of the molecule is CCCC1SCC(C(=O)O)N1C(=O)c1cccnc1Cl. The molecule has 0 bridgehead atoms. The first-order valence-electron chi connectivity index (χ1n) is 6.33. The number of aromatic nitrogens is 1. The molecule has 1 aromatic rings. The molecule has 1 saturated heterocycles. The zero-order chi connectivity index (χ0) is 14.7. The summed E-state index contributed by atoms with van der Waals surface area (Å²) in [5.41, 5.74) is 0.254. The maximum Gasteiger partial charge on any atom is 0.327 e. The highest BCUT2D eigenvalue weighted by Gasteiger charge is 2.41. The van der Waals surface area contributed by atoms with Gasteiger partial charge in [0.25, 0.3) is 5.91 Å². The zero-order valence-corrected chi connectivity index (χ0v) is 12.5. The molecule has 20 heavy (non-hydrogen) atoms. The Hall–Kier alpha value is -1.27. The fourth-order valence-corrected chi connectivity index (χ4v) is 3.89. The average Bonchev–Trinajstić information content (AvgIpc) is 2.83. The number of hydrogen-bond acceptors (Lipinski definition) is 4. The number of carbonyl (C=O) groups excluding carboxylic acids is 1. The van der Waals surface area contributed by atoms with Crippen LogP contribution in [0.4, 0.5) is 0 Å². The molecule has 1 amide bonds. The Morgan fingerprint density at radius 1 is 1.60 bits per heavy atom. The normalized spacial score (nSPS) is 22.0. The van der Waals surface area contributed by atoms with Gasteiger partial charge in [-0.05, 0) is 18.6 Å². The summed E-state index contributed by atoms with van der Waals surface area (Å²) in [6.45, 7) is 2.01. The second kappa shape index (κ2) is 6.45. The third kappa shape index (κ3) is 2.91. The van der Waals surface area contributed by atoms with E-state index in [0.717, 1.165) is 12.8 Å². The van der Waals surface area contributed by atoms with E-state index in [1.807, 2.05) is 6.92 Å². The Morgan fingerprint density at radius 2 is 2.35 bits per heavy atom. The van der Waals surface area contributed by atoms with Crippen LogP contribution in [0.1, 0.15) is 30.1 Å². The molecule has 0 spiro atoms. The molecule has 2 rings (SSSR count). The topological polar surface area (TPSA) is 70.5 Å². The van der Waals surface area contributed by atoms with E-state index in [9.17, 15) is 14.7 Å². The van der Waals surface area contributed by atoms with Crippen molar-refractivity contribution < 1.29 is 14.7 Å². The Labute approximate surface area is 126 Å². The van der Waals surface area contributed by atoms with Gasteiger partial charge in [-0.15, -0.1) is 11.8 Å². The Bertz CT molecular complexity index is 526. The lowest BCUT2D eigenvalue weighted by molar-refractivity contribution is -0.141. The monoisotopic (exact) mass is 314 g/mol. The van der Waals surface area contributed by atoms with Gasteiger partial charge in [0.2, 0.25) is 0 Å². The first-order valence-corrected chi connectivity index (χ1v) is 7.76. The maximum atomic E-state index is 12.6. The molecule has 2 unspecified atom stereocenters. The van der Waals surface area contributed by atoms with Crippen LogP contribution in [0, 0.1) is 0 Å². The minimum Gasteiger partial charge on any atom is -0.480 e. The van der Waals surface area contributed by atoms with Crippen molar-refractivity contribution >= 4 is 35.2 Å². The van der Waals surface area contributed by atoms with E-state index in [2.05, 4.69) is 4.98 Å². The predicted octanol–water partition coefficient (Wildman–Crippen LogP) is 2.50. The number of amides is 1. The van der Waals surface area contributed by atoms with Gasteiger partial charge in [0.15, 0.2) is 0 Å². The number of pyridine rings is 1. The van der Waals surface area contributed by atoms with Crippen molar-refractivity contribution in [2.75, 3.05) is 5.75 Å². The molecule has 0 aliphatic carbocycles. The molecule has 7 heteroatoms. The van der Waals surface area contributed by atoms with Gasteiger partial charge in [0, 0.05) is 11.9 Å². The van der Waals surface area contributed by atoms with Crippen LogP contribution in [-0.4, -0.2) is 44.0 Å². The second-order valence-corrected chi connectivity index (χ2v) is 6.05. The van der Waals surface area contributed by atoms with Gasteiger partial charge in [-0.25, -0.2) is 9.78 Å². The van der Waals surface area contributed by atoms with Gasteiger partial charge in [-0.3, -0.25) is 4.79 Å². The van der Waals surface area contributed by atoms with Crippen molar-refractivity contribution in [1.29, 1.82) is 0 Å². The highest BCUT2D eigenvalue weighted by atomic mass is 35.5. The predicted molar refractivity (Wildman–Crippen MR) is 78.0 cm³/mol. The van der Waals surface area contributed by atoms with Gasteiger partial charge >= 0.3 is 5.97 Å². The van der Waals surface area contributed by atoms with Crippen LogP contribution in [0.15, 0.2) is 18.3 Å². The molecule has 5 nitrogen and oxygen atoms in total. The number of halogens is 1. The smallest absolute Gasteiger partial charge is 0.327 e. The highest BCUT2D eigenvalue weighted by molar-refractivity contribution is 8.00. The van der Waals surface area contributed by atoms with Crippen LogP contribution in [-0.2, 0) is 4.79 Å². The summed E-state index contributed by atoms with van der Waals surface area (Å²) < 4.78 is 0. The summed E-state index contributed by atoms with van der Waals surface area (Å²) in [5.74, 6) is -0.938. The summed E-state index contributed by atoms with van der Waals surface area (Å²) in [7, 11) is 0. The maximum absolute atomic E-state index is 12.6. The molecule has 1 fully saturated rings. The largest absolute Gasteiger partial charge is 0.480 e. The van der Waals surface area contributed by atoms with Crippen LogP contribution in [0.25, 0.3) is 0 Å². The van der Waals surface area contributed by atoms with Crippen LogP contribution >= 0.6 is 23.4 Å². The molecule has 1 N–H and O–H groups in total. The molecule has 2 atom stereocenters. The van der Waals surface area contributed by atoms with Gasteiger partial charge in [0.1, 0.15) is 11.2 Å². The van der Waals surface area contributed by atoms with Crippen molar-refractivity contribution in [2.24, 2.45) is 0 Å². The zero-order valence-electron chi connectivity index (χ0n) is 11.0. The fourth-order valence-electron chi connectivity index (χ4n) is 2.18. The number of rotatable bonds is 4. The first kappa shape index (κ1) is 15.1. The van der Waals surface area contributed by atoms with E-state index in [-0.39, 0.29) is 22.0 Å². The quantitative estimate of drug-likeness (QED) is 0.865. The van der Waals surface area contributed by atoms with E-state index in [4.69, 9.17) is 11.6 Å². The van der Waals surface area contributed by atoms with E-state index in [0.29, 0.717) is 5.75 Å². The molecule has 0 saturated carbocycles. The van der Waals surface area contributed by atoms with E-state index in [1.54, 1.807) is 12.1 Å². The lowest BCUT2D eigenvalue weighted by Gasteiger charge is -2.27. The fraction of sp³-hybridized carbons (Fsp3) is 0.462. The van der Waals surface area contributed by atoms with Gasteiger partial charge in [-0.1, -0.05) is 24.9 Å². The first-order chi connectivity index (χ1) is 9.56. The summed E-state index contributed by atoms with van der Waals surface area (Å²) >= 11 is 7.44. The number of aliphatic carboxylic acids is 1. The molecule has 0 aromatic carbocycles. The molecule has 108 valence electrons. The van der Waals surface area contributed by atoms with E-state index >= 15 is 0 Å². The average molecular weight is 315 g/mol. The minimum absolute atomic E-state index is 0.105. The van der Waals surface area contributed by atoms with Crippen molar-refractivity contribution in [1.82, 2.24) is 9.88 Å². The number of nitrogens with zero attached hydrogens (tertiary/aromatic N) is 2. The summed E-state index contributed by atoms with van der Waals surface area (Å²) in [6, 6.07) is 2.38. The summed E-state index contributed by atoms with van der Waals surface area (Å²) in [6.07, 6.45) is 3.14. The molecule has 1 aliphatic heterocycles. The number of carboxylic acids is 1. The molecule has 0 radical (unpaired) electrons. The summed E-state index contributed by atoms with van der Waals surface area (Å²) in [4.78, 5) is 29.2. The lowest BCUT2D eigenvalue weighted by Crippen LogP contribution is -2.45. The van der Waals surface area contributed by atoms with Crippen LogP contribution in [0.3, 0.4) is 0 Å². The van der Waals surface area contributed by atoms with Gasteiger partial charge in [-0.2, -0.15) is 0 Å². The number of carboxylic acid groups (broad SMARTS) is 1. The summed E-state index contributed by atoms with van der Waals surface area (Å²) in [5, 5.41) is 9.26. The van der Waals surface area contributed by atoms with Crippen molar-refractivity contribution in [3.8, 4) is 0 Å². The Balaban J connectivity index is 2.32. The molecular formula is C13H15ClN2O3S. The van der Waals surface area contributed by atoms with E-state index in [1.165, 1.54) is 22.9 Å². The molecule has 1 aromatic heterocycles. The van der Waals surface area contributed by atoms with E-state index < -0.39 is 12.0 Å². The Morgan fingerprint density at radius 3 is 2.95 bits per heavy atom.